The Morgan fingerprint density at radius 2 is 1.81 bits per heavy atom. The molecule has 0 saturated carbocycles. The van der Waals surface area contributed by atoms with Crippen molar-refractivity contribution in [1.82, 2.24) is 10.2 Å². The van der Waals surface area contributed by atoms with E-state index in [2.05, 4.69) is 24.1 Å². The van der Waals surface area contributed by atoms with Gasteiger partial charge in [0.25, 0.3) is 5.91 Å². The molecule has 3 heteroatoms. The molecule has 116 valence electrons. The summed E-state index contributed by atoms with van der Waals surface area (Å²) in [5.74, 6) is 0.551. The van der Waals surface area contributed by atoms with Gasteiger partial charge in [-0.2, -0.15) is 0 Å². The number of likely N-dealkylation sites (tertiary alicyclic amines) is 1. The normalized spacial score (nSPS) is 16.1. The second kappa shape index (κ2) is 8.18. The molecule has 21 heavy (non-hydrogen) atoms. The molecule has 0 atom stereocenters. The topological polar surface area (TPSA) is 32.3 Å². The minimum absolute atomic E-state index is 0.0453. The number of hydrogen-bond acceptors (Lipinski definition) is 2. The van der Waals surface area contributed by atoms with E-state index in [0.29, 0.717) is 5.92 Å². The van der Waals surface area contributed by atoms with Crippen LogP contribution in [0, 0.1) is 0 Å². The van der Waals surface area contributed by atoms with Gasteiger partial charge in [0.05, 0.1) is 0 Å². The lowest BCUT2D eigenvalue weighted by atomic mass is 10.0. The Hall–Kier alpha value is -1.35. The number of nitrogens with zero attached hydrogens (tertiary/aromatic N) is 1. The molecule has 1 fully saturated rings. The Morgan fingerprint density at radius 1 is 1.14 bits per heavy atom. The van der Waals surface area contributed by atoms with Gasteiger partial charge >= 0.3 is 0 Å². The van der Waals surface area contributed by atoms with Gasteiger partial charge in [-0.15, -0.1) is 0 Å². The van der Waals surface area contributed by atoms with Crippen molar-refractivity contribution in [2.24, 2.45) is 0 Å². The third-order valence-electron chi connectivity index (χ3n) is 4.22. The summed E-state index contributed by atoms with van der Waals surface area (Å²) in [7, 11) is 0. The SMILES string of the molecule is CC(C)c1ccc(C(=O)NCCCN2CCCCC2)cc1. The maximum absolute atomic E-state index is 12.1. The van der Waals surface area contributed by atoms with E-state index in [9.17, 15) is 4.79 Å². The van der Waals surface area contributed by atoms with Crippen molar-refractivity contribution < 1.29 is 4.79 Å². The Labute approximate surface area is 128 Å². The van der Waals surface area contributed by atoms with Gasteiger partial charge in [-0.3, -0.25) is 4.79 Å². The van der Waals surface area contributed by atoms with Gasteiger partial charge in [0.1, 0.15) is 0 Å². The number of amides is 1. The largest absolute Gasteiger partial charge is 0.352 e. The first-order chi connectivity index (χ1) is 10.2. The van der Waals surface area contributed by atoms with E-state index in [0.717, 1.165) is 25.1 Å². The molecule has 3 nitrogen and oxygen atoms in total. The van der Waals surface area contributed by atoms with Crippen molar-refractivity contribution in [2.75, 3.05) is 26.2 Å². The summed E-state index contributed by atoms with van der Waals surface area (Å²) in [6.07, 6.45) is 5.07. The summed E-state index contributed by atoms with van der Waals surface area (Å²) in [4.78, 5) is 14.6. The highest BCUT2D eigenvalue weighted by Gasteiger charge is 2.10. The number of piperidine rings is 1. The molecule has 1 aliphatic rings. The Balaban J connectivity index is 1.69. The van der Waals surface area contributed by atoms with Gasteiger partial charge < -0.3 is 10.2 Å². The first-order valence-corrected chi connectivity index (χ1v) is 8.27. The summed E-state index contributed by atoms with van der Waals surface area (Å²) in [5, 5.41) is 3.02. The lowest BCUT2D eigenvalue weighted by Crippen LogP contribution is -2.33. The quantitative estimate of drug-likeness (QED) is 0.814. The fourth-order valence-corrected chi connectivity index (χ4v) is 2.81. The van der Waals surface area contributed by atoms with Gasteiger partial charge in [-0.1, -0.05) is 32.4 Å². The molecule has 0 unspecified atom stereocenters. The number of nitrogens with one attached hydrogen (secondary N) is 1. The van der Waals surface area contributed by atoms with Crippen molar-refractivity contribution in [3.8, 4) is 0 Å². The molecule has 1 aromatic rings. The molecule has 1 N–H and O–H groups in total. The van der Waals surface area contributed by atoms with Crippen LogP contribution in [0.4, 0.5) is 0 Å². The molecule has 1 aliphatic heterocycles. The highest BCUT2D eigenvalue weighted by molar-refractivity contribution is 5.94. The Kier molecular flexibility index (Phi) is 6.24. The summed E-state index contributed by atoms with van der Waals surface area (Å²) in [6, 6.07) is 7.95. The molecule has 0 spiro atoms. The van der Waals surface area contributed by atoms with E-state index in [-0.39, 0.29) is 5.91 Å². The fraction of sp³-hybridized carbons (Fsp3) is 0.611. The van der Waals surface area contributed by atoms with Crippen molar-refractivity contribution in [3.05, 3.63) is 35.4 Å². The number of hydrogen-bond donors (Lipinski definition) is 1. The summed E-state index contributed by atoms with van der Waals surface area (Å²) >= 11 is 0. The average Bonchev–Trinajstić information content (AvgIpc) is 2.52. The van der Waals surface area contributed by atoms with Crippen LogP contribution in [-0.4, -0.2) is 37.0 Å². The van der Waals surface area contributed by atoms with Crippen LogP contribution < -0.4 is 5.32 Å². The Bertz CT molecular complexity index is 433. The van der Waals surface area contributed by atoms with E-state index in [4.69, 9.17) is 0 Å². The number of benzene rings is 1. The second-order valence-electron chi connectivity index (χ2n) is 6.29. The van der Waals surface area contributed by atoms with Gasteiger partial charge in [-0.25, -0.2) is 0 Å². The lowest BCUT2D eigenvalue weighted by Gasteiger charge is -2.26. The maximum atomic E-state index is 12.1. The van der Waals surface area contributed by atoms with Crippen LogP contribution in [-0.2, 0) is 0 Å². The minimum Gasteiger partial charge on any atom is -0.352 e. The standard InChI is InChI=1S/C18H28N2O/c1-15(2)16-7-9-17(10-8-16)18(21)19-11-6-14-20-12-4-3-5-13-20/h7-10,15H,3-6,11-14H2,1-2H3,(H,19,21). The van der Waals surface area contributed by atoms with Crippen LogP contribution in [0.3, 0.4) is 0 Å². The predicted octanol–water partition coefficient (Wildman–Crippen LogP) is 3.42. The van der Waals surface area contributed by atoms with E-state index in [1.165, 1.54) is 37.9 Å². The molecule has 0 aromatic heterocycles. The predicted molar refractivity (Wildman–Crippen MR) is 87.8 cm³/mol. The van der Waals surface area contributed by atoms with Crippen LogP contribution >= 0.6 is 0 Å². The molecule has 0 aliphatic carbocycles. The second-order valence-corrected chi connectivity index (χ2v) is 6.29. The number of carbonyl (C=O) groups excluding carboxylic acids is 1. The first kappa shape index (κ1) is 16.0. The van der Waals surface area contributed by atoms with E-state index >= 15 is 0 Å². The summed E-state index contributed by atoms with van der Waals surface area (Å²) in [6.45, 7) is 8.65. The highest BCUT2D eigenvalue weighted by atomic mass is 16.1. The molecular weight excluding hydrogens is 260 g/mol. The molecule has 1 aromatic carbocycles. The minimum atomic E-state index is 0.0453. The molecule has 1 saturated heterocycles. The molecule has 0 bridgehead atoms. The van der Waals surface area contributed by atoms with Gasteiger partial charge in [0, 0.05) is 12.1 Å². The zero-order chi connectivity index (χ0) is 15.1. The van der Waals surface area contributed by atoms with E-state index < -0.39 is 0 Å². The molecule has 2 rings (SSSR count). The average molecular weight is 288 g/mol. The van der Waals surface area contributed by atoms with Crippen LogP contribution in [0.2, 0.25) is 0 Å². The van der Waals surface area contributed by atoms with Crippen LogP contribution in [0.15, 0.2) is 24.3 Å². The maximum Gasteiger partial charge on any atom is 0.251 e. The van der Waals surface area contributed by atoms with Crippen LogP contribution in [0.25, 0.3) is 0 Å². The van der Waals surface area contributed by atoms with Crippen molar-refractivity contribution in [2.45, 2.75) is 45.4 Å². The van der Waals surface area contributed by atoms with E-state index in [1.54, 1.807) is 0 Å². The van der Waals surface area contributed by atoms with Gasteiger partial charge in [-0.05, 0) is 62.5 Å². The molecule has 1 heterocycles. The van der Waals surface area contributed by atoms with E-state index in [1.807, 2.05) is 24.3 Å². The summed E-state index contributed by atoms with van der Waals surface area (Å²) in [5.41, 5.74) is 2.04. The van der Waals surface area contributed by atoms with Crippen molar-refractivity contribution >= 4 is 5.91 Å². The third kappa shape index (κ3) is 5.16. The number of rotatable bonds is 6. The molecule has 0 radical (unpaired) electrons. The molecule has 1 amide bonds. The van der Waals surface area contributed by atoms with Crippen LogP contribution in [0.5, 0.6) is 0 Å². The zero-order valence-corrected chi connectivity index (χ0v) is 13.4. The van der Waals surface area contributed by atoms with Crippen LogP contribution in [0.1, 0.15) is 61.4 Å². The summed E-state index contributed by atoms with van der Waals surface area (Å²) < 4.78 is 0. The lowest BCUT2D eigenvalue weighted by molar-refractivity contribution is 0.0951. The molecular formula is C18H28N2O. The first-order valence-electron chi connectivity index (χ1n) is 8.27. The highest BCUT2D eigenvalue weighted by Crippen LogP contribution is 2.14. The Morgan fingerprint density at radius 3 is 2.43 bits per heavy atom. The van der Waals surface area contributed by atoms with Crippen molar-refractivity contribution in [3.63, 3.8) is 0 Å². The van der Waals surface area contributed by atoms with Gasteiger partial charge in [0.15, 0.2) is 0 Å². The van der Waals surface area contributed by atoms with Crippen molar-refractivity contribution in [1.29, 1.82) is 0 Å². The zero-order valence-electron chi connectivity index (χ0n) is 13.4. The monoisotopic (exact) mass is 288 g/mol. The smallest absolute Gasteiger partial charge is 0.251 e. The fourth-order valence-electron chi connectivity index (χ4n) is 2.81. The third-order valence-corrected chi connectivity index (χ3v) is 4.22. The number of carbonyl (C=O) groups is 1. The van der Waals surface area contributed by atoms with Gasteiger partial charge in [0.2, 0.25) is 0 Å².